The van der Waals surface area contributed by atoms with Crippen LogP contribution in [0.1, 0.15) is 18.5 Å². The van der Waals surface area contributed by atoms with Gasteiger partial charge in [0.25, 0.3) is 0 Å². The molecule has 5 heteroatoms. The van der Waals surface area contributed by atoms with Crippen LogP contribution in [0, 0.1) is 0 Å². The van der Waals surface area contributed by atoms with Gasteiger partial charge in [0.05, 0.1) is 11.9 Å². The standard InChI is InChI=1S/C10H13N5/c1(2-7-15-8-6-13-14-15)3-10-9-11-4-5-12-10/h4-6,8-9H,1-3,7H2. The Bertz CT molecular complexity index is 370. The Morgan fingerprint density at radius 3 is 2.87 bits per heavy atom. The molecule has 5 nitrogen and oxygen atoms in total. The van der Waals surface area contributed by atoms with E-state index in [0.717, 1.165) is 31.5 Å². The molecule has 0 amide bonds. The van der Waals surface area contributed by atoms with Gasteiger partial charge in [0.15, 0.2) is 0 Å². The van der Waals surface area contributed by atoms with Crippen LogP contribution in [0.25, 0.3) is 0 Å². The molecule has 15 heavy (non-hydrogen) atoms. The molecule has 78 valence electrons. The van der Waals surface area contributed by atoms with E-state index in [1.165, 1.54) is 0 Å². The number of unbranched alkanes of at least 4 members (excludes halogenated alkanes) is 1. The van der Waals surface area contributed by atoms with Crippen LogP contribution in [0.5, 0.6) is 0 Å². The topological polar surface area (TPSA) is 56.5 Å². The average molecular weight is 203 g/mol. The van der Waals surface area contributed by atoms with Gasteiger partial charge in [-0.2, -0.15) is 0 Å². The molecule has 2 aromatic heterocycles. The molecule has 0 unspecified atom stereocenters. The van der Waals surface area contributed by atoms with E-state index in [9.17, 15) is 0 Å². The first kappa shape index (κ1) is 9.76. The molecule has 2 aromatic rings. The lowest BCUT2D eigenvalue weighted by atomic mass is 10.2. The number of hydrogen-bond donors (Lipinski definition) is 0. The van der Waals surface area contributed by atoms with Crippen molar-refractivity contribution in [1.29, 1.82) is 0 Å². The third-order valence-corrected chi connectivity index (χ3v) is 2.16. The molecular formula is C10H13N5. The molecule has 0 bridgehead atoms. The van der Waals surface area contributed by atoms with Gasteiger partial charge >= 0.3 is 0 Å². The van der Waals surface area contributed by atoms with Crippen molar-refractivity contribution in [1.82, 2.24) is 25.0 Å². The lowest BCUT2D eigenvalue weighted by Gasteiger charge is -2.00. The lowest BCUT2D eigenvalue weighted by molar-refractivity contribution is 0.539. The summed E-state index contributed by atoms with van der Waals surface area (Å²) in [5.74, 6) is 0. The minimum atomic E-state index is 0.917. The van der Waals surface area contributed by atoms with Gasteiger partial charge in [-0.3, -0.25) is 14.6 Å². The maximum Gasteiger partial charge on any atom is 0.0692 e. The Labute approximate surface area is 88.2 Å². The largest absolute Gasteiger partial charge is 0.261 e. The van der Waals surface area contributed by atoms with Crippen LogP contribution in [0.4, 0.5) is 0 Å². The van der Waals surface area contributed by atoms with E-state index in [-0.39, 0.29) is 0 Å². The maximum absolute atomic E-state index is 4.22. The number of nitrogens with zero attached hydrogens (tertiary/aromatic N) is 5. The van der Waals surface area contributed by atoms with E-state index in [0.29, 0.717) is 0 Å². The molecule has 0 saturated carbocycles. The van der Waals surface area contributed by atoms with E-state index in [2.05, 4.69) is 20.3 Å². The molecule has 0 aliphatic carbocycles. The maximum atomic E-state index is 4.22. The molecule has 0 N–H and O–H groups in total. The molecule has 2 rings (SSSR count). The van der Waals surface area contributed by atoms with Gasteiger partial charge in [0.2, 0.25) is 0 Å². The minimum Gasteiger partial charge on any atom is -0.261 e. The quantitative estimate of drug-likeness (QED) is 0.682. The fourth-order valence-electron chi connectivity index (χ4n) is 1.39. The van der Waals surface area contributed by atoms with Crippen molar-refractivity contribution in [3.05, 3.63) is 36.7 Å². The van der Waals surface area contributed by atoms with Crippen LogP contribution >= 0.6 is 0 Å². The van der Waals surface area contributed by atoms with Crippen molar-refractivity contribution in [2.75, 3.05) is 0 Å². The summed E-state index contributed by atoms with van der Waals surface area (Å²) in [5.41, 5.74) is 1.05. The van der Waals surface area contributed by atoms with Crippen molar-refractivity contribution in [2.45, 2.75) is 25.8 Å². The predicted octanol–water partition coefficient (Wildman–Crippen LogP) is 1.09. The Morgan fingerprint density at radius 1 is 1.13 bits per heavy atom. The first-order valence-electron chi connectivity index (χ1n) is 5.04. The second-order valence-electron chi connectivity index (χ2n) is 3.32. The van der Waals surface area contributed by atoms with E-state index in [1.807, 2.05) is 17.1 Å². The molecule has 0 spiro atoms. The van der Waals surface area contributed by atoms with Gasteiger partial charge < -0.3 is 0 Å². The summed E-state index contributed by atoms with van der Waals surface area (Å²) in [6, 6.07) is 0. The number of aryl methyl sites for hydroxylation is 2. The van der Waals surface area contributed by atoms with Crippen LogP contribution in [0.15, 0.2) is 31.0 Å². The normalized spacial score (nSPS) is 10.4. The zero-order valence-corrected chi connectivity index (χ0v) is 8.45. The van der Waals surface area contributed by atoms with Crippen molar-refractivity contribution in [2.24, 2.45) is 0 Å². The molecule has 2 heterocycles. The first-order valence-corrected chi connectivity index (χ1v) is 5.04. The summed E-state index contributed by atoms with van der Waals surface area (Å²) in [4.78, 5) is 8.24. The summed E-state index contributed by atoms with van der Waals surface area (Å²) < 4.78 is 1.84. The van der Waals surface area contributed by atoms with Gasteiger partial charge in [0, 0.05) is 31.3 Å². The Kier molecular flexibility index (Phi) is 3.38. The van der Waals surface area contributed by atoms with Crippen LogP contribution in [-0.2, 0) is 13.0 Å². The third-order valence-electron chi connectivity index (χ3n) is 2.16. The van der Waals surface area contributed by atoms with E-state index < -0.39 is 0 Å². The second-order valence-corrected chi connectivity index (χ2v) is 3.32. The highest BCUT2D eigenvalue weighted by Gasteiger charge is 1.95. The number of rotatable bonds is 5. The van der Waals surface area contributed by atoms with Crippen LogP contribution in [0.3, 0.4) is 0 Å². The van der Waals surface area contributed by atoms with Crippen molar-refractivity contribution < 1.29 is 0 Å². The molecule has 0 saturated heterocycles. The molecule has 0 aliphatic rings. The minimum absolute atomic E-state index is 0.917. The summed E-state index contributed by atoms with van der Waals surface area (Å²) in [7, 11) is 0. The summed E-state index contributed by atoms with van der Waals surface area (Å²) >= 11 is 0. The fraction of sp³-hybridized carbons (Fsp3) is 0.400. The van der Waals surface area contributed by atoms with Crippen molar-refractivity contribution in [3.8, 4) is 0 Å². The Balaban J connectivity index is 1.68. The highest BCUT2D eigenvalue weighted by atomic mass is 15.4. The highest BCUT2D eigenvalue weighted by molar-refractivity contribution is 4.94. The van der Waals surface area contributed by atoms with Gasteiger partial charge in [-0.15, -0.1) is 5.10 Å². The Morgan fingerprint density at radius 2 is 2.13 bits per heavy atom. The molecule has 0 aromatic carbocycles. The highest BCUT2D eigenvalue weighted by Crippen LogP contribution is 2.00. The van der Waals surface area contributed by atoms with Gasteiger partial charge in [-0.1, -0.05) is 5.21 Å². The first-order chi connectivity index (χ1) is 7.45. The van der Waals surface area contributed by atoms with Crippen LogP contribution < -0.4 is 0 Å². The Hall–Kier alpha value is -1.78. The smallest absolute Gasteiger partial charge is 0.0692 e. The summed E-state index contributed by atoms with van der Waals surface area (Å²) in [5, 5.41) is 7.65. The zero-order valence-electron chi connectivity index (χ0n) is 8.45. The van der Waals surface area contributed by atoms with E-state index in [1.54, 1.807) is 18.6 Å². The van der Waals surface area contributed by atoms with Gasteiger partial charge in [-0.25, -0.2) is 0 Å². The SMILES string of the molecule is c1cnc(CCCCn2ccnn2)cn1. The van der Waals surface area contributed by atoms with Crippen molar-refractivity contribution >= 4 is 0 Å². The van der Waals surface area contributed by atoms with Crippen molar-refractivity contribution in [3.63, 3.8) is 0 Å². The summed E-state index contributed by atoms with van der Waals surface area (Å²) in [6.07, 6.45) is 12.0. The molecule has 0 atom stereocenters. The third kappa shape index (κ3) is 3.12. The van der Waals surface area contributed by atoms with Gasteiger partial charge in [-0.05, 0) is 19.3 Å². The zero-order chi connectivity index (χ0) is 10.3. The molecular weight excluding hydrogens is 190 g/mol. The van der Waals surface area contributed by atoms with E-state index in [4.69, 9.17) is 0 Å². The molecule has 0 aliphatic heterocycles. The number of hydrogen-bond acceptors (Lipinski definition) is 4. The van der Waals surface area contributed by atoms with Gasteiger partial charge in [0.1, 0.15) is 0 Å². The average Bonchev–Trinajstić information content (AvgIpc) is 2.79. The monoisotopic (exact) mass is 203 g/mol. The summed E-state index contributed by atoms with van der Waals surface area (Å²) in [6.45, 7) is 0.917. The second kappa shape index (κ2) is 5.19. The lowest BCUT2D eigenvalue weighted by Crippen LogP contribution is -2.00. The molecule has 0 radical (unpaired) electrons. The van der Waals surface area contributed by atoms with E-state index >= 15 is 0 Å². The predicted molar refractivity (Wildman–Crippen MR) is 55.0 cm³/mol. The fourth-order valence-corrected chi connectivity index (χ4v) is 1.39. The van der Waals surface area contributed by atoms with Crippen LogP contribution in [-0.4, -0.2) is 25.0 Å². The van der Waals surface area contributed by atoms with Crippen LogP contribution in [0.2, 0.25) is 0 Å². The molecule has 0 fully saturated rings. The number of aromatic nitrogens is 5.